The molecule has 0 aromatic heterocycles. The van der Waals surface area contributed by atoms with E-state index < -0.39 is 0 Å². The Morgan fingerprint density at radius 3 is 1.57 bits per heavy atom. The van der Waals surface area contributed by atoms with Crippen LogP contribution < -0.4 is 0 Å². The van der Waals surface area contributed by atoms with E-state index in [-0.39, 0.29) is 12.7 Å². The van der Waals surface area contributed by atoms with Gasteiger partial charge < -0.3 is 28.9 Å². The van der Waals surface area contributed by atoms with Crippen LogP contribution in [0.5, 0.6) is 0 Å². The number of hydrogen-bond donors (Lipinski definition) is 3. The lowest BCUT2D eigenvalue weighted by atomic mass is 10.1. The van der Waals surface area contributed by atoms with E-state index in [2.05, 4.69) is 64.6 Å². The van der Waals surface area contributed by atoms with E-state index in [0.29, 0.717) is 57.2 Å². The Hall–Kier alpha value is 1.31. The maximum atomic E-state index is 8.50. The summed E-state index contributed by atoms with van der Waals surface area (Å²) in [7, 11) is 7.03. The molecule has 0 bridgehead atoms. The molecule has 0 aromatic rings. The van der Waals surface area contributed by atoms with Gasteiger partial charge >= 0.3 is 0 Å². The minimum atomic E-state index is -0.352. The minimum Gasteiger partial charge on any atom is -0.396 e. The van der Waals surface area contributed by atoms with Crippen molar-refractivity contribution in [1.82, 2.24) is 0 Å². The molecule has 0 aliphatic rings. The number of halogens is 2. The van der Waals surface area contributed by atoms with E-state index in [1.165, 1.54) is 0 Å². The largest absolute Gasteiger partial charge is 0.396 e. The summed E-state index contributed by atoms with van der Waals surface area (Å²) in [5, 5.41) is 25.0. The van der Waals surface area contributed by atoms with E-state index in [0.717, 1.165) is 41.1 Å². The van der Waals surface area contributed by atoms with Gasteiger partial charge in [0, 0.05) is 67.4 Å². The van der Waals surface area contributed by atoms with Crippen LogP contribution in [0.15, 0.2) is 9.47 Å². The van der Waals surface area contributed by atoms with E-state index >= 15 is 0 Å². The molecule has 7 atom stereocenters. The Bertz CT molecular complexity index is 465. The highest BCUT2D eigenvalue weighted by molar-refractivity contribution is 9.28. The van der Waals surface area contributed by atoms with Crippen molar-refractivity contribution in [3.05, 3.63) is 9.47 Å². The first-order chi connectivity index (χ1) is 16.6. The molecule has 3 unspecified atom stereocenters. The number of terminal acetylenes is 1. The zero-order valence-electron chi connectivity index (χ0n) is 22.7. The van der Waals surface area contributed by atoms with Gasteiger partial charge in [0.05, 0.1) is 9.50 Å². The molecule has 0 saturated heterocycles. The maximum absolute atomic E-state index is 8.50. The zero-order valence-corrected chi connectivity index (χ0v) is 28.8. The smallest absolute Gasteiger partial charge is 0.0564 e. The van der Waals surface area contributed by atoms with Gasteiger partial charge in [0.15, 0.2) is 0 Å². The van der Waals surface area contributed by atoms with Crippen LogP contribution in [0.1, 0.15) is 53.4 Å². The summed E-state index contributed by atoms with van der Waals surface area (Å²) in [6.07, 6.45) is 13.6. The molecule has 0 heterocycles. The third-order valence-electron chi connectivity index (χ3n) is 4.04. The highest BCUT2D eigenvalue weighted by Gasteiger charge is 2.00. The summed E-state index contributed by atoms with van der Waals surface area (Å²) in [5.74, 6) is 4.56. The summed E-state index contributed by atoms with van der Waals surface area (Å²) in [6, 6.07) is 0. The van der Waals surface area contributed by atoms with E-state index in [1.807, 2.05) is 0 Å². The lowest BCUT2D eigenvalue weighted by Crippen LogP contribution is -2.00. The van der Waals surface area contributed by atoms with Crippen LogP contribution in [-0.4, -0.2) is 74.5 Å². The van der Waals surface area contributed by atoms with Gasteiger partial charge in [-0.25, -0.2) is 0 Å². The maximum Gasteiger partial charge on any atom is 0.0564 e. The zero-order chi connectivity index (χ0) is 27.9. The average molecular weight is 688 g/mol. The third-order valence-corrected chi connectivity index (χ3v) is 8.14. The first-order valence-corrected chi connectivity index (χ1v) is 16.6. The topological polar surface area (TPSA) is 88.4 Å². The molecule has 0 amide bonds. The molecule has 0 fully saturated rings. The van der Waals surface area contributed by atoms with Crippen molar-refractivity contribution in [2.75, 3.05) is 53.0 Å². The van der Waals surface area contributed by atoms with Crippen LogP contribution in [0.4, 0.5) is 0 Å². The molecular formula is C24H51Br2O6P3. The van der Waals surface area contributed by atoms with Gasteiger partial charge in [0.2, 0.25) is 0 Å². The fraction of sp³-hybridized carbons (Fsp3) is 0.833. The predicted molar refractivity (Wildman–Crippen MR) is 167 cm³/mol. The molecule has 11 heteroatoms. The molecule has 35 heavy (non-hydrogen) atoms. The van der Waals surface area contributed by atoms with Crippen LogP contribution in [0, 0.1) is 30.1 Å². The van der Waals surface area contributed by atoms with Gasteiger partial charge in [0.25, 0.3) is 0 Å². The first-order valence-electron chi connectivity index (χ1n) is 11.7. The molecule has 0 saturated carbocycles. The molecule has 6 nitrogen and oxygen atoms in total. The Morgan fingerprint density at radius 2 is 1.26 bits per heavy atom. The summed E-state index contributed by atoms with van der Waals surface area (Å²) >= 11 is 6.64. The van der Waals surface area contributed by atoms with Crippen LogP contribution in [-0.2, 0) is 13.6 Å². The molecule has 212 valence electrons. The third kappa shape index (κ3) is 52.5. The van der Waals surface area contributed by atoms with Crippen molar-refractivity contribution in [1.29, 1.82) is 0 Å². The van der Waals surface area contributed by atoms with Crippen molar-refractivity contribution in [2.45, 2.75) is 59.5 Å². The summed E-state index contributed by atoms with van der Waals surface area (Å²) < 4.78 is 15.9. The second-order valence-electron chi connectivity index (χ2n) is 7.98. The fourth-order valence-electron chi connectivity index (χ4n) is 1.83. The van der Waals surface area contributed by atoms with Crippen LogP contribution in [0.2, 0.25) is 0 Å². The standard InChI is InChI=1S/C7H13Br2OP.C7H13OP.C6H15O2P.C4H10O2/c1-6(5-11-10-2)3-4-7(8)9;1-4-5-7(2)6-9-8-3;1-6(3-4-7)5-9-8-2;1-4(6)2-3-5/h4,6,11H,3,5H2,1-2H3;1,7,9H,5-6H2,2-3H3;6-7,9H,3-5H2,1-2H3;4-6H,2-3H2,1H3/t6-;7-;6-;4-/m1111/s1. The van der Waals surface area contributed by atoms with Gasteiger partial charge in [-0.3, -0.25) is 0 Å². The summed E-state index contributed by atoms with van der Waals surface area (Å²) in [6.45, 7) is 8.53. The van der Waals surface area contributed by atoms with Gasteiger partial charge in [-0.1, -0.05) is 26.8 Å². The lowest BCUT2D eigenvalue weighted by molar-refractivity contribution is 0.148. The first kappa shape index (κ1) is 43.4. The molecule has 0 aliphatic heterocycles. The second kappa shape index (κ2) is 37.5. The normalized spacial score (nSPS) is 14.3. The SMILES string of the molecule is C#CC[C@@H](C)CPOC.COPC[C@H](C)CC=C(Br)Br.COPC[C@H](C)CCO.C[C@@H](O)CCO. The minimum absolute atomic E-state index is 0.0810. The van der Waals surface area contributed by atoms with Gasteiger partial charge in [-0.15, -0.1) is 12.3 Å². The van der Waals surface area contributed by atoms with Gasteiger partial charge in [-0.05, 0) is 94.3 Å². The van der Waals surface area contributed by atoms with Crippen LogP contribution >= 0.6 is 58.3 Å². The summed E-state index contributed by atoms with van der Waals surface area (Å²) in [5.41, 5.74) is 0. The van der Waals surface area contributed by atoms with Gasteiger partial charge in [0.1, 0.15) is 0 Å². The number of rotatable bonds is 16. The highest BCUT2D eigenvalue weighted by atomic mass is 79.9. The van der Waals surface area contributed by atoms with Crippen molar-refractivity contribution in [2.24, 2.45) is 17.8 Å². The van der Waals surface area contributed by atoms with Gasteiger partial charge in [-0.2, -0.15) is 0 Å². The van der Waals surface area contributed by atoms with E-state index in [9.17, 15) is 0 Å². The molecule has 0 aliphatic carbocycles. The molecule has 0 radical (unpaired) electrons. The van der Waals surface area contributed by atoms with E-state index in [4.69, 9.17) is 35.3 Å². The van der Waals surface area contributed by atoms with Crippen molar-refractivity contribution in [3.8, 4) is 12.3 Å². The summed E-state index contributed by atoms with van der Waals surface area (Å²) in [4.78, 5) is 0. The Balaban J connectivity index is -0.000000187. The quantitative estimate of drug-likeness (QED) is 0.123. The lowest BCUT2D eigenvalue weighted by Gasteiger charge is -2.06. The van der Waals surface area contributed by atoms with Crippen LogP contribution in [0.25, 0.3) is 0 Å². The Labute approximate surface area is 238 Å². The number of allylic oxidation sites excluding steroid dienone is 1. The van der Waals surface area contributed by atoms with E-state index in [1.54, 1.807) is 28.3 Å². The molecule has 0 rings (SSSR count). The molecule has 0 spiro atoms. The molecule has 3 N–H and O–H groups in total. The van der Waals surface area contributed by atoms with Crippen molar-refractivity contribution >= 4 is 58.3 Å². The van der Waals surface area contributed by atoms with Crippen LogP contribution in [0.3, 0.4) is 0 Å². The Kier molecular flexibility index (Phi) is 46.4. The second-order valence-corrected chi connectivity index (χ2v) is 14.1. The fourth-order valence-corrected chi connectivity index (χ4v) is 4.08. The highest BCUT2D eigenvalue weighted by Crippen LogP contribution is 2.21. The number of hydrogen-bond acceptors (Lipinski definition) is 6. The van der Waals surface area contributed by atoms with Crippen molar-refractivity contribution in [3.63, 3.8) is 0 Å². The average Bonchev–Trinajstić information content (AvgIpc) is 2.80. The molecular weight excluding hydrogens is 637 g/mol. The molecule has 0 aromatic carbocycles. The predicted octanol–water partition coefficient (Wildman–Crippen LogP) is 6.76. The monoisotopic (exact) mass is 686 g/mol. The number of aliphatic hydroxyl groups excluding tert-OH is 3. The Morgan fingerprint density at radius 1 is 0.829 bits per heavy atom. The number of aliphatic hydroxyl groups is 3. The van der Waals surface area contributed by atoms with Crippen molar-refractivity contribution < 1.29 is 28.9 Å².